The molecule has 3 nitrogen and oxygen atoms in total. The van der Waals surface area contributed by atoms with E-state index in [0.717, 1.165) is 36.8 Å². The van der Waals surface area contributed by atoms with Gasteiger partial charge in [-0.15, -0.1) is 22.7 Å². The third-order valence-electron chi connectivity index (χ3n) is 4.14. The second-order valence-corrected chi connectivity index (χ2v) is 7.75. The van der Waals surface area contributed by atoms with Crippen molar-refractivity contribution in [2.45, 2.75) is 36.5 Å². The summed E-state index contributed by atoms with van der Waals surface area (Å²) in [5.74, 6) is 0. The van der Waals surface area contributed by atoms with Gasteiger partial charge in [-0.25, -0.2) is 0 Å². The van der Waals surface area contributed by atoms with Gasteiger partial charge in [-0.1, -0.05) is 6.07 Å². The fourth-order valence-electron chi connectivity index (χ4n) is 2.30. The van der Waals surface area contributed by atoms with Gasteiger partial charge in [0.25, 0.3) is 0 Å². The van der Waals surface area contributed by atoms with Crippen LogP contribution >= 0.6 is 22.7 Å². The molecule has 2 fully saturated rings. The Morgan fingerprint density at radius 2 is 1.64 bits per heavy atom. The van der Waals surface area contributed by atoms with E-state index in [9.17, 15) is 4.79 Å². The number of aldehydes is 1. The van der Waals surface area contributed by atoms with Crippen molar-refractivity contribution in [2.24, 2.45) is 0 Å². The number of hydrogen-bond donors (Lipinski definition) is 0. The van der Waals surface area contributed by atoms with Gasteiger partial charge in [0.15, 0.2) is 6.29 Å². The van der Waals surface area contributed by atoms with Crippen LogP contribution in [0.25, 0.3) is 0 Å². The summed E-state index contributed by atoms with van der Waals surface area (Å²) in [7, 11) is 0. The molecular formula is C17H14N2OS2. The van der Waals surface area contributed by atoms with E-state index in [1.54, 1.807) is 17.4 Å². The summed E-state index contributed by atoms with van der Waals surface area (Å²) in [5, 5.41) is 19.7. The molecule has 22 heavy (non-hydrogen) atoms. The van der Waals surface area contributed by atoms with Crippen molar-refractivity contribution in [3.8, 4) is 12.1 Å². The highest BCUT2D eigenvalue weighted by atomic mass is 32.1. The molecule has 2 aliphatic rings. The smallest absolute Gasteiger partial charge is 0.160 e. The van der Waals surface area contributed by atoms with Crippen molar-refractivity contribution in [3.05, 3.63) is 44.3 Å². The van der Waals surface area contributed by atoms with E-state index < -0.39 is 0 Å². The number of rotatable bonds is 3. The zero-order valence-electron chi connectivity index (χ0n) is 11.9. The quantitative estimate of drug-likeness (QED) is 0.784. The lowest BCUT2D eigenvalue weighted by Crippen LogP contribution is -1.97. The van der Waals surface area contributed by atoms with Crippen LogP contribution in [0.2, 0.25) is 0 Å². The predicted molar refractivity (Wildman–Crippen MR) is 87.1 cm³/mol. The van der Waals surface area contributed by atoms with Gasteiger partial charge in [0.1, 0.15) is 0 Å². The third kappa shape index (κ3) is 2.70. The molecule has 0 aromatic carbocycles. The van der Waals surface area contributed by atoms with Crippen molar-refractivity contribution < 1.29 is 4.79 Å². The van der Waals surface area contributed by atoms with Gasteiger partial charge in [0.2, 0.25) is 0 Å². The first-order valence-corrected chi connectivity index (χ1v) is 8.80. The number of thiophene rings is 2. The average molecular weight is 326 g/mol. The van der Waals surface area contributed by atoms with Gasteiger partial charge in [-0.2, -0.15) is 10.5 Å². The molecule has 0 N–H and O–H groups in total. The van der Waals surface area contributed by atoms with E-state index >= 15 is 0 Å². The molecule has 0 spiro atoms. The van der Waals surface area contributed by atoms with Crippen molar-refractivity contribution in [1.29, 1.82) is 10.5 Å². The van der Waals surface area contributed by atoms with Crippen LogP contribution in [-0.2, 0) is 10.8 Å². The van der Waals surface area contributed by atoms with E-state index in [1.165, 1.54) is 16.2 Å². The molecule has 0 saturated heterocycles. The summed E-state index contributed by atoms with van der Waals surface area (Å²) in [6, 6.07) is 12.4. The summed E-state index contributed by atoms with van der Waals surface area (Å²) in [5.41, 5.74) is -0.292. The summed E-state index contributed by atoms with van der Waals surface area (Å²) in [4.78, 5) is 13.4. The highest BCUT2D eigenvalue weighted by Gasteiger charge is 2.46. The molecule has 4 rings (SSSR count). The van der Waals surface area contributed by atoms with Crippen LogP contribution in [0.3, 0.4) is 0 Å². The molecule has 0 amide bonds. The van der Waals surface area contributed by atoms with Crippen LogP contribution in [0.4, 0.5) is 0 Å². The number of nitriles is 2. The Morgan fingerprint density at radius 1 is 1.00 bits per heavy atom. The Bertz CT molecular complexity index is 753. The average Bonchev–Trinajstić information content (AvgIpc) is 3.42. The molecule has 2 heterocycles. The molecule has 2 aromatic rings. The number of carbonyl (C=O) groups excluding carboxylic acids is 1. The van der Waals surface area contributed by atoms with Crippen LogP contribution in [-0.4, -0.2) is 6.29 Å². The zero-order chi connectivity index (χ0) is 15.6. The third-order valence-corrected chi connectivity index (χ3v) is 6.42. The summed E-state index contributed by atoms with van der Waals surface area (Å²) in [6.45, 7) is 0. The molecular weight excluding hydrogens is 312 g/mol. The summed E-state index contributed by atoms with van der Waals surface area (Å²) < 4.78 is 0. The minimum absolute atomic E-state index is 0.0613. The first-order valence-electron chi connectivity index (χ1n) is 7.10. The molecule has 2 aliphatic carbocycles. The van der Waals surface area contributed by atoms with Crippen LogP contribution in [0.5, 0.6) is 0 Å². The number of carbonyl (C=O) groups is 1. The SMILES string of the molecule is N#CC1(c2ccc(C=O)s2)CC1.N#CC1(c2cccs2)CC1. The summed E-state index contributed by atoms with van der Waals surface area (Å²) in [6.07, 6.45) is 4.85. The van der Waals surface area contributed by atoms with Gasteiger partial charge >= 0.3 is 0 Å². The van der Waals surface area contributed by atoms with E-state index in [4.69, 9.17) is 10.5 Å². The minimum Gasteiger partial charge on any atom is -0.297 e. The second kappa shape index (κ2) is 5.68. The van der Waals surface area contributed by atoms with Gasteiger partial charge in [0.05, 0.1) is 27.8 Å². The Morgan fingerprint density at radius 3 is 2.05 bits per heavy atom. The zero-order valence-corrected chi connectivity index (χ0v) is 13.5. The predicted octanol–water partition coefficient (Wildman–Crippen LogP) is 4.42. The molecule has 0 atom stereocenters. The Labute approximate surface area is 137 Å². The highest BCUT2D eigenvalue weighted by molar-refractivity contribution is 7.13. The van der Waals surface area contributed by atoms with Crippen molar-refractivity contribution >= 4 is 29.0 Å². The van der Waals surface area contributed by atoms with Crippen LogP contribution in [0.1, 0.15) is 45.1 Å². The Hall–Kier alpha value is -1.95. The summed E-state index contributed by atoms with van der Waals surface area (Å²) >= 11 is 3.13. The molecule has 5 heteroatoms. The van der Waals surface area contributed by atoms with E-state index in [2.05, 4.69) is 18.2 Å². The van der Waals surface area contributed by atoms with Crippen LogP contribution < -0.4 is 0 Å². The van der Waals surface area contributed by atoms with Gasteiger partial charge in [-0.05, 0) is 49.3 Å². The number of nitrogens with zero attached hydrogens (tertiary/aromatic N) is 2. The first-order chi connectivity index (χ1) is 10.7. The molecule has 2 saturated carbocycles. The van der Waals surface area contributed by atoms with Crippen molar-refractivity contribution in [3.63, 3.8) is 0 Å². The van der Waals surface area contributed by atoms with E-state index in [0.29, 0.717) is 4.88 Å². The van der Waals surface area contributed by atoms with Crippen molar-refractivity contribution in [1.82, 2.24) is 0 Å². The lowest BCUT2D eigenvalue weighted by molar-refractivity contribution is 0.112. The molecule has 110 valence electrons. The maximum Gasteiger partial charge on any atom is 0.160 e. The van der Waals surface area contributed by atoms with Crippen molar-refractivity contribution in [2.75, 3.05) is 0 Å². The molecule has 0 radical (unpaired) electrons. The topological polar surface area (TPSA) is 64.7 Å². The molecule has 0 unspecified atom stereocenters. The maximum atomic E-state index is 10.4. The van der Waals surface area contributed by atoms with Gasteiger partial charge in [-0.3, -0.25) is 4.79 Å². The fraction of sp³-hybridized carbons (Fsp3) is 0.353. The maximum absolute atomic E-state index is 10.4. The van der Waals surface area contributed by atoms with Gasteiger partial charge < -0.3 is 0 Å². The fourth-order valence-corrected chi connectivity index (χ4v) is 4.26. The molecule has 2 aromatic heterocycles. The second-order valence-electron chi connectivity index (χ2n) is 5.68. The van der Waals surface area contributed by atoms with Gasteiger partial charge in [0, 0.05) is 9.75 Å². The Kier molecular flexibility index (Phi) is 3.87. The van der Waals surface area contributed by atoms with E-state index in [-0.39, 0.29) is 10.8 Å². The first kappa shape index (κ1) is 15.0. The largest absolute Gasteiger partial charge is 0.297 e. The standard InChI is InChI=1S/C9H7NOS.C8H7NS/c10-6-9(3-4-9)8-2-1-7(5-11)12-8;9-6-8(3-4-8)7-2-1-5-10-7/h1-2,5H,3-4H2;1-2,5H,3-4H2. The van der Waals surface area contributed by atoms with Crippen LogP contribution in [0, 0.1) is 22.7 Å². The minimum atomic E-state index is -0.230. The molecule has 0 bridgehead atoms. The molecule has 0 aliphatic heterocycles. The highest BCUT2D eigenvalue weighted by Crippen LogP contribution is 2.50. The van der Waals surface area contributed by atoms with Crippen LogP contribution in [0.15, 0.2) is 29.6 Å². The normalized spacial score (nSPS) is 19.0. The monoisotopic (exact) mass is 326 g/mol. The lowest BCUT2D eigenvalue weighted by Gasteiger charge is -1.98. The Balaban J connectivity index is 0.000000133. The number of hydrogen-bond acceptors (Lipinski definition) is 5. The van der Waals surface area contributed by atoms with E-state index in [1.807, 2.05) is 17.5 Å². The lowest BCUT2D eigenvalue weighted by atomic mass is 10.1.